The van der Waals surface area contributed by atoms with Gasteiger partial charge in [-0.15, -0.1) is 0 Å². The van der Waals surface area contributed by atoms with Gasteiger partial charge in [-0.1, -0.05) is 19.1 Å². The van der Waals surface area contributed by atoms with E-state index >= 15 is 0 Å². The number of ether oxygens (including phenoxy) is 3. The fourth-order valence-electron chi connectivity index (χ4n) is 6.83. The molecule has 0 aromatic heterocycles. The van der Waals surface area contributed by atoms with Crippen molar-refractivity contribution >= 4 is 0 Å². The van der Waals surface area contributed by atoms with Crippen LogP contribution in [-0.2, 0) is 14.2 Å². The molecular weight excluding hydrogens is 342 g/mol. The molecule has 150 valence electrons. The fourth-order valence-corrected chi connectivity index (χ4v) is 6.83. The van der Waals surface area contributed by atoms with Crippen LogP contribution in [0.4, 0.5) is 0 Å². The minimum Gasteiger partial charge on any atom is -0.390 e. The highest BCUT2D eigenvalue weighted by atomic mass is 16.7. The van der Waals surface area contributed by atoms with E-state index in [1.807, 2.05) is 0 Å². The van der Waals surface area contributed by atoms with E-state index in [1.165, 1.54) is 11.1 Å². The van der Waals surface area contributed by atoms with E-state index in [0.29, 0.717) is 6.42 Å². The molecule has 0 radical (unpaired) electrons. The van der Waals surface area contributed by atoms with Gasteiger partial charge in [0, 0.05) is 5.41 Å². The van der Waals surface area contributed by atoms with Crippen molar-refractivity contribution in [2.75, 3.05) is 13.7 Å². The minimum atomic E-state index is -0.664. The minimum absolute atomic E-state index is 0.00938. The van der Waals surface area contributed by atoms with Crippen LogP contribution in [0.2, 0.25) is 0 Å². The third-order valence-electron chi connectivity index (χ3n) is 8.57. The maximum Gasteiger partial charge on any atom is 0.177 e. The van der Waals surface area contributed by atoms with Gasteiger partial charge in [-0.2, -0.15) is 0 Å². The summed E-state index contributed by atoms with van der Waals surface area (Å²) in [5, 5.41) is 15.3. The molecule has 1 unspecified atom stereocenters. The maximum absolute atomic E-state index is 11.6. The van der Waals surface area contributed by atoms with E-state index in [0.717, 1.165) is 38.7 Å². The standard InChI is InChI=1S/C22H33NO4/c1-5-17-26-18-14-10-21(24,9-6-13(14)2)11-15-20(3,19(18)27-17)8-7-16-22(15,23-4)12-25-16/h5,15-19,23-24H,1,6-12H2,2-4H3/t15?,16-,17-,18-,19-,20-,21+,22-/m1/s1. The van der Waals surface area contributed by atoms with Crippen LogP contribution in [0.15, 0.2) is 23.8 Å². The normalized spacial score (nSPS) is 54.1. The molecule has 5 nitrogen and oxygen atoms in total. The zero-order chi connectivity index (χ0) is 19.0. The summed E-state index contributed by atoms with van der Waals surface area (Å²) in [4.78, 5) is 0. The second kappa shape index (κ2) is 5.90. The molecule has 5 heteroatoms. The number of likely N-dealkylation sites (N-methyl/N-ethyl adjacent to an activating group) is 1. The van der Waals surface area contributed by atoms with Gasteiger partial charge in [0.2, 0.25) is 0 Å². The Morgan fingerprint density at radius 3 is 2.78 bits per heavy atom. The van der Waals surface area contributed by atoms with Gasteiger partial charge in [0.1, 0.15) is 6.10 Å². The SMILES string of the molecule is C=C[C@@H]1O[C@@H]2C3=C(C)CC[C@](O)(C3)CC3[C@@](C)(CC[C@H]4OC[C@@]34NC)[C@@H]2O1. The van der Waals surface area contributed by atoms with Crippen molar-refractivity contribution in [3.63, 3.8) is 0 Å². The van der Waals surface area contributed by atoms with E-state index in [2.05, 4.69) is 32.8 Å². The van der Waals surface area contributed by atoms with Crippen molar-refractivity contribution in [1.82, 2.24) is 5.32 Å². The lowest BCUT2D eigenvalue weighted by molar-refractivity contribution is -0.248. The van der Waals surface area contributed by atoms with Gasteiger partial charge in [-0.3, -0.25) is 0 Å². The number of aliphatic hydroxyl groups is 1. The first-order valence-electron chi connectivity index (χ1n) is 10.5. The lowest BCUT2D eigenvalue weighted by Gasteiger charge is -2.65. The molecule has 2 bridgehead atoms. The van der Waals surface area contributed by atoms with Crippen LogP contribution in [0.3, 0.4) is 0 Å². The zero-order valence-electron chi connectivity index (χ0n) is 16.8. The number of nitrogens with one attached hydrogen (secondary N) is 1. The maximum atomic E-state index is 11.6. The highest BCUT2D eigenvalue weighted by Gasteiger charge is 2.67. The number of allylic oxidation sites excluding steroid dienone is 1. The molecule has 5 rings (SSSR count). The zero-order valence-corrected chi connectivity index (χ0v) is 16.8. The van der Waals surface area contributed by atoms with Crippen molar-refractivity contribution in [2.45, 2.75) is 88.1 Å². The van der Waals surface area contributed by atoms with E-state index in [9.17, 15) is 5.11 Å². The predicted molar refractivity (Wildman–Crippen MR) is 102 cm³/mol. The summed E-state index contributed by atoms with van der Waals surface area (Å²) in [5.41, 5.74) is 1.82. The monoisotopic (exact) mass is 375 g/mol. The summed E-state index contributed by atoms with van der Waals surface area (Å²) in [6.45, 7) is 9.18. The Morgan fingerprint density at radius 1 is 1.30 bits per heavy atom. The average Bonchev–Trinajstić information content (AvgIpc) is 3.06. The molecule has 2 aliphatic heterocycles. The van der Waals surface area contributed by atoms with E-state index in [1.54, 1.807) is 6.08 Å². The van der Waals surface area contributed by atoms with Crippen molar-refractivity contribution in [2.24, 2.45) is 11.3 Å². The highest BCUT2D eigenvalue weighted by molar-refractivity contribution is 5.30. The molecule has 2 saturated carbocycles. The van der Waals surface area contributed by atoms with Gasteiger partial charge in [-0.05, 0) is 70.1 Å². The molecule has 2 saturated heterocycles. The molecular formula is C22H33NO4. The van der Waals surface area contributed by atoms with Crippen LogP contribution in [0.1, 0.15) is 52.4 Å². The molecule has 0 aromatic carbocycles. The van der Waals surface area contributed by atoms with Gasteiger partial charge >= 0.3 is 0 Å². The molecule has 4 fully saturated rings. The molecule has 3 aliphatic carbocycles. The summed E-state index contributed by atoms with van der Waals surface area (Å²) in [5.74, 6) is 0.284. The largest absolute Gasteiger partial charge is 0.390 e. The molecule has 5 aliphatic rings. The molecule has 0 spiro atoms. The summed E-state index contributed by atoms with van der Waals surface area (Å²) >= 11 is 0. The Bertz CT molecular complexity index is 688. The lowest BCUT2D eigenvalue weighted by Crippen LogP contribution is -2.77. The van der Waals surface area contributed by atoms with Crippen molar-refractivity contribution < 1.29 is 19.3 Å². The summed E-state index contributed by atoms with van der Waals surface area (Å²) in [7, 11) is 2.05. The molecule has 27 heavy (non-hydrogen) atoms. The summed E-state index contributed by atoms with van der Waals surface area (Å²) in [6, 6.07) is 0. The highest BCUT2D eigenvalue weighted by Crippen LogP contribution is 2.61. The van der Waals surface area contributed by atoms with Crippen LogP contribution in [0.25, 0.3) is 0 Å². The van der Waals surface area contributed by atoms with Gasteiger partial charge in [0.25, 0.3) is 0 Å². The Balaban J connectivity index is 1.65. The van der Waals surface area contributed by atoms with Gasteiger partial charge in [0.15, 0.2) is 6.29 Å². The fraction of sp³-hybridized carbons (Fsp3) is 0.818. The van der Waals surface area contributed by atoms with Crippen molar-refractivity contribution in [1.29, 1.82) is 0 Å². The number of hydrogen-bond acceptors (Lipinski definition) is 5. The van der Waals surface area contributed by atoms with Crippen LogP contribution in [-0.4, -0.2) is 54.5 Å². The Kier molecular flexibility index (Phi) is 4.00. The Morgan fingerprint density at radius 2 is 2.11 bits per heavy atom. The third kappa shape index (κ3) is 2.35. The van der Waals surface area contributed by atoms with Crippen molar-refractivity contribution in [3.05, 3.63) is 23.8 Å². The summed E-state index contributed by atoms with van der Waals surface area (Å²) < 4.78 is 18.8. The van der Waals surface area contributed by atoms with Gasteiger partial charge < -0.3 is 24.6 Å². The molecule has 0 aromatic rings. The second-order valence-corrected chi connectivity index (χ2v) is 9.82. The van der Waals surface area contributed by atoms with Crippen molar-refractivity contribution in [3.8, 4) is 0 Å². The van der Waals surface area contributed by atoms with Gasteiger partial charge in [0.05, 0.1) is 30.0 Å². The molecule has 2 N–H and O–H groups in total. The lowest BCUT2D eigenvalue weighted by atomic mass is 9.49. The first-order valence-corrected chi connectivity index (χ1v) is 10.5. The van der Waals surface area contributed by atoms with E-state index < -0.39 is 5.60 Å². The topological polar surface area (TPSA) is 60.0 Å². The van der Waals surface area contributed by atoms with Crippen LogP contribution >= 0.6 is 0 Å². The van der Waals surface area contributed by atoms with Crippen LogP contribution in [0.5, 0.6) is 0 Å². The second-order valence-electron chi connectivity index (χ2n) is 9.82. The molecule has 8 atom stereocenters. The number of hydrogen-bond donors (Lipinski definition) is 2. The van der Waals surface area contributed by atoms with Gasteiger partial charge in [-0.25, -0.2) is 0 Å². The third-order valence-corrected chi connectivity index (χ3v) is 8.57. The first kappa shape index (κ1) is 18.3. The molecule has 2 heterocycles. The molecule has 0 amide bonds. The summed E-state index contributed by atoms with van der Waals surface area (Å²) in [6.07, 6.45) is 6.86. The average molecular weight is 376 g/mol. The van der Waals surface area contributed by atoms with E-state index in [4.69, 9.17) is 14.2 Å². The predicted octanol–water partition coefficient (Wildman–Crippen LogP) is 2.69. The smallest absolute Gasteiger partial charge is 0.177 e. The Hall–Kier alpha value is -0.720. The quantitative estimate of drug-likeness (QED) is 0.727. The Labute approximate surface area is 162 Å². The van der Waals surface area contributed by atoms with Crippen LogP contribution < -0.4 is 5.32 Å². The number of rotatable bonds is 2. The first-order chi connectivity index (χ1) is 12.9. The number of fused-ring (bicyclic) bond motifs is 8. The van der Waals surface area contributed by atoms with E-state index in [-0.39, 0.29) is 41.5 Å². The van der Waals surface area contributed by atoms with Crippen LogP contribution in [0, 0.1) is 11.3 Å².